The molecular formula is C29H25NO4. The first-order valence-electron chi connectivity index (χ1n) is 11.3. The van der Waals surface area contributed by atoms with Gasteiger partial charge in [-0.1, -0.05) is 91.0 Å². The highest BCUT2D eigenvalue weighted by Crippen LogP contribution is 2.44. The van der Waals surface area contributed by atoms with Crippen LogP contribution in [0.2, 0.25) is 0 Å². The highest BCUT2D eigenvalue weighted by atomic mass is 16.5. The van der Waals surface area contributed by atoms with Gasteiger partial charge in [0, 0.05) is 12.0 Å². The number of carbonyl (C=O) groups is 2. The third kappa shape index (κ3) is 3.95. The number of ether oxygens (including phenoxy) is 1. The van der Waals surface area contributed by atoms with Gasteiger partial charge in [0.15, 0.2) is 5.92 Å². The van der Waals surface area contributed by atoms with Gasteiger partial charge in [0.2, 0.25) is 0 Å². The molecule has 0 aromatic heterocycles. The van der Waals surface area contributed by atoms with E-state index in [2.05, 4.69) is 12.1 Å². The maximum atomic E-state index is 13.0. The van der Waals surface area contributed by atoms with Crippen molar-refractivity contribution in [1.29, 1.82) is 0 Å². The van der Waals surface area contributed by atoms with Gasteiger partial charge >= 0.3 is 11.9 Å². The summed E-state index contributed by atoms with van der Waals surface area (Å²) in [6.07, 6.45) is 0.252. The fraction of sp³-hybridized carbons (Fsp3) is 0.172. The average molecular weight is 452 g/mol. The Morgan fingerprint density at radius 2 is 1.41 bits per heavy atom. The van der Waals surface area contributed by atoms with Crippen LogP contribution in [0.15, 0.2) is 91.0 Å². The molecule has 4 aromatic carbocycles. The third-order valence-electron chi connectivity index (χ3n) is 6.64. The Morgan fingerprint density at radius 3 is 2.09 bits per heavy atom. The number of aliphatic carboxylic acids is 1. The van der Waals surface area contributed by atoms with Crippen LogP contribution >= 0.6 is 0 Å². The van der Waals surface area contributed by atoms with Crippen molar-refractivity contribution in [1.82, 2.24) is 0 Å². The monoisotopic (exact) mass is 451 g/mol. The van der Waals surface area contributed by atoms with Crippen molar-refractivity contribution in [3.05, 3.63) is 108 Å². The van der Waals surface area contributed by atoms with E-state index in [0.29, 0.717) is 0 Å². The van der Waals surface area contributed by atoms with Crippen molar-refractivity contribution in [2.24, 2.45) is 11.7 Å². The van der Waals surface area contributed by atoms with Gasteiger partial charge in [-0.05, 0) is 45.0 Å². The molecule has 34 heavy (non-hydrogen) atoms. The first kappa shape index (κ1) is 21.9. The predicted octanol–water partition coefficient (Wildman–Crippen LogP) is 4.77. The highest BCUT2D eigenvalue weighted by Gasteiger charge is 2.36. The maximum absolute atomic E-state index is 13.0. The highest BCUT2D eigenvalue weighted by molar-refractivity contribution is 5.95. The number of carboxylic acid groups (broad SMARTS) is 1. The molecule has 3 N–H and O–H groups in total. The molecule has 0 saturated carbocycles. The summed E-state index contributed by atoms with van der Waals surface area (Å²) in [5, 5.41) is 11.9. The van der Waals surface area contributed by atoms with Crippen LogP contribution in [0.1, 0.15) is 22.6 Å². The summed E-state index contributed by atoms with van der Waals surface area (Å²) in [6, 6.07) is 28.8. The molecule has 0 aliphatic heterocycles. The van der Waals surface area contributed by atoms with Crippen LogP contribution < -0.4 is 5.73 Å². The molecule has 170 valence electrons. The molecular weight excluding hydrogens is 426 g/mol. The molecule has 1 aliphatic rings. The lowest BCUT2D eigenvalue weighted by molar-refractivity contribution is -0.159. The number of fused-ring (bicyclic) bond motifs is 4. The summed E-state index contributed by atoms with van der Waals surface area (Å²) in [5.74, 6) is -3.67. The predicted molar refractivity (Wildman–Crippen MR) is 131 cm³/mol. The zero-order valence-corrected chi connectivity index (χ0v) is 18.6. The van der Waals surface area contributed by atoms with E-state index in [9.17, 15) is 14.7 Å². The van der Waals surface area contributed by atoms with Crippen molar-refractivity contribution < 1.29 is 19.4 Å². The molecule has 5 nitrogen and oxygen atoms in total. The van der Waals surface area contributed by atoms with Crippen molar-refractivity contribution in [3.8, 4) is 11.1 Å². The average Bonchev–Trinajstić information content (AvgIpc) is 3.16. The van der Waals surface area contributed by atoms with Gasteiger partial charge in [0.25, 0.3) is 0 Å². The Kier molecular flexibility index (Phi) is 5.86. The van der Waals surface area contributed by atoms with E-state index in [1.807, 2.05) is 78.9 Å². The molecule has 5 heteroatoms. The molecule has 1 aliphatic carbocycles. The van der Waals surface area contributed by atoms with Crippen molar-refractivity contribution in [3.63, 3.8) is 0 Å². The summed E-state index contributed by atoms with van der Waals surface area (Å²) in [4.78, 5) is 25.0. The number of hydrogen-bond acceptors (Lipinski definition) is 4. The molecule has 0 amide bonds. The Hall–Kier alpha value is -3.96. The van der Waals surface area contributed by atoms with E-state index >= 15 is 0 Å². The lowest BCUT2D eigenvalue weighted by Gasteiger charge is -2.21. The van der Waals surface area contributed by atoms with E-state index < -0.39 is 23.9 Å². The van der Waals surface area contributed by atoms with Gasteiger partial charge in [-0.3, -0.25) is 9.59 Å². The topological polar surface area (TPSA) is 89.6 Å². The number of esters is 1. The van der Waals surface area contributed by atoms with Crippen LogP contribution in [-0.2, 0) is 20.7 Å². The van der Waals surface area contributed by atoms with E-state index in [0.717, 1.165) is 38.6 Å². The number of benzene rings is 4. The Balaban J connectivity index is 1.34. The molecule has 4 aromatic rings. The molecule has 0 unspecified atom stereocenters. The lowest BCUT2D eigenvalue weighted by Crippen LogP contribution is -2.43. The molecule has 2 atom stereocenters. The number of nitrogens with two attached hydrogens (primary N) is 1. The quantitative estimate of drug-likeness (QED) is 0.312. The summed E-state index contributed by atoms with van der Waals surface area (Å²) in [7, 11) is 0. The second kappa shape index (κ2) is 9.12. The molecule has 0 bridgehead atoms. The summed E-state index contributed by atoms with van der Waals surface area (Å²) in [5.41, 5.74) is 11.6. The summed E-state index contributed by atoms with van der Waals surface area (Å²) in [6.45, 7) is 0.0671. The smallest absolute Gasteiger partial charge is 0.321 e. The second-order valence-corrected chi connectivity index (χ2v) is 8.68. The molecule has 0 saturated heterocycles. The molecule has 0 fully saturated rings. The van der Waals surface area contributed by atoms with Crippen LogP contribution in [0, 0.1) is 5.92 Å². The van der Waals surface area contributed by atoms with E-state index in [-0.39, 0.29) is 18.9 Å². The van der Waals surface area contributed by atoms with Gasteiger partial charge in [0.1, 0.15) is 6.61 Å². The van der Waals surface area contributed by atoms with Gasteiger partial charge in [0.05, 0.1) is 0 Å². The standard InChI is InChI=1S/C29H25NO4/c30-26(16-19-10-7-9-18-8-1-2-11-20(18)19)27(28(31)32)29(33)34-17-25-23-14-5-3-12-21(23)22-13-4-6-15-24(22)25/h1-15,25-27H,16-17,30H2,(H,31,32)/t26-,27+/m0/s1. The molecule has 0 heterocycles. The Labute approximate surface area is 197 Å². The lowest BCUT2D eigenvalue weighted by atomic mass is 9.91. The zero-order valence-electron chi connectivity index (χ0n) is 18.6. The largest absolute Gasteiger partial charge is 0.481 e. The fourth-order valence-electron chi connectivity index (χ4n) is 5.00. The van der Waals surface area contributed by atoms with Gasteiger partial charge in [-0.25, -0.2) is 0 Å². The zero-order chi connectivity index (χ0) is 23.7. The van der Waals surface area contributed by atoms with Crippen LogP contribution in [0.4, 0.5) is 0 Å². The maximum Gasteiger partial charge on any atom is 0.321 e. The van der Waals surface area contributed by atoms with E-state index in [4.69, 9.17) is 10.5 Å². The van der Waals surface area contributed by atoms with Crippen LogP contribution in [0.5, 0.6) is 0 Å². The first-order chi connectivity index (χ1) is 16.5. The van der Waals surface area contributed by atoms with Crippen molar-refractivity contribution in [2.75, 3.05) is 6.61 Å². The SMILES string of the molecule is N[C@@H](Cc1cccc2ccccc12)[C@H](C(=O)O)C(=O)OCC1c2ccccc2-c2ccccc21. The van der Waals surface area contributed by atoms with Gasteiger partial charge in [-0.15, -0.1) is 0 Å². The molecule has 5 rings (SSSR count). The minimum atomic E-state index is -1.45. The van der Waals surface area contributed by atoms with Crippen LogP contribution in [0.3, 0.4) is 0 Å². The number of hydrogen-bond donors (Lipinski definition) is 2. The summed E-state index contributed by atoms with van der Waals surface area (Å²) < 4.78 is 5.61. The van der Waals surface area contributed by atoms with Crippen molar-refractivity contribution in [2.45, 2.75) is 18.4 Å². The van der Waals surface area contributed by atoms with Gasteiger partial charge in [-0.2, -0.15) is 0 Å². The normalized spacial score (nSPS) is 14.3. The van der Waals surface area contributed by atoms with Crippen LogP contribution in [0.25, 0.3) is 21.9 Å². The summed E-state index contributed by atoms with van der Waals surface area (Å²) >= 11 is 0. The number of carbonyl (C=O) groups excluding carboxylic acids is 1. The van der Waals surface area contributed by atoms with Crippen LogP contribution in [-0.4, -0.2) is 29.7 Å². The first-order valence-corrected chi connectivity index (χ1v) is 11.3. The minimum absolute atomic E-state index is 0.0671. The minimum Gasteiger partial charge on any atom is -0.481 e. The van der Waals surface area contributed by atoms with Gasteiger partial charge < -0.3 is 15.6 Å². The van der Waals surface area contributed by atoms with E-state index in [1.165, 1.54) is 0 Å². The number of rotatable bonds is 7. The molecule has 0 radical (unpaired) electrons. The van der Waals surface area contributed by atoms with Crippen molar-refractivity contribution >= 4 is 22.7 Å². The molecule has 0 spiro atoms. The Morgan fingerprint density at radius 1 is 0.824 bits per heavy atom. The Bertz CT molecular complexity index is 1330. The fourth-order valence-corrected chi connectivity index (χ4v) is 5.00. The van der Waals surface area contributed by atoms with E-state index in [1.54, 1.807) is 0 Å². The second-order valence-electron chi connectivity index (χ2n) is 8.68. The number of carboxylic acids is 1. The third-order valence-corrected chi connectivity index (χ3v) is 6.64.